The fourth-order valence-corrected chi connectivity index (χ4v) is 1.70. The van der Waals surface area contributed by atoms with Crippen LogP contribution in [-0.4, -0.2) is 51.2 Å². The van der Waals surface area contributed by atoms with Gasteiger partial charge in [-0.25, -0.2) is 0 Å². The molecule has 0 aliphatic heterocycles. The fraction of sp³-hybridized carbons (Fsp3) is 0.500. The molecule has 1 amide bonds. The first-order valence-corrected chi connectivity index (χ1v) is 6.40. The molecular weight excluding hydrogens is 242 g/mol. The number of hydrogen-bond donors (Lipinski definition) is 2. The summed E-state index contributed by atoms with van der Waals surface area (Å²) in [6.45, 7) is 4.26. The second kappa shape index (κ2) is 8.63. The van der Waals surface area contributed by atoms with Crippen molar-refractivity contribution in [1.29, 1.82) is 0 Å². The van der Waals surface area contributed by atoms with Crippen LogP contribution < -0.4 is 11.1 Å². The molecule has 0 aliphatic rings. The van der Waals surface area contributed by atoms with E-state index in [1.807, 2.05) is 18.2 Å². The van der Waals surface area contributed by atoms with Crippen LogP contribution in [0.1, 0.15) is 15.9 Å². The monoisotopic (exact) mass is 265 g/mol. The number of carbonyl (C=O) groups is 1. The molecule has 5 nitrogen and oxygen atoms in total. The number of ether oxygens (including phenoxy) is 1. The number of carbonyl (C=O) groups excluding carboxylic acids is 1. The van der Waals surface area contributed by atoms with Gasteiger partial charge in [-0.2, -0.15) is 0 Å². The average molecular weight is 265 g/mol. The molecule has 0 atom stereocenters. The van der Waals surface area contributed by atoms with Gasteiger partial charge in [-0.15, -0.1) is 0 Å². The predicted octanol–water partition coefficient (Wildman–Crippen LogP) is 0.453. The maximum Gasteiger partial charge on any atom is 0.248 e. The van der Waals surface area contributed by atoms with Crippen LogP contribution in [0, 0.1) is 0 Å². The Kier molecular flexibility index (Phi) is 7.10. The van der Waals surface area contributed by atoms with E-state index in [-0.39, 0.29) is 5.91 Å². The fourth-order valence-electron chi connectivity index (χ4n) is 1.70. The molecule has 0 heterocycles. The second-order valence-electron chi connectivity index (χ2n) is 4.54. The highest BCUT2D eigenvalue weighted by molar-refractivity contribution is 5.92. The number of primary amides is 1. The lowest BCUT2D eigenvalue weighted by Gasteiger charge is -2.16. The molecule has 5 heteroatoms. The lowest BCUT2D eigenvalue weighted by Crippen LogP contribution is -2.31. The van der Waals surface area contributed by atoms with Crippen LogP contribution in [0.2, 0.25) is 0 Å². The number of hydrogen-bond acceptors (Lipinski definition) is 4. The van der Waals surface area contributed by atoms with E-state index in [1.54, 1.807) is 13.2 Å². The van der Waals surface area contributed by atoms with Crippen molar-refractivity contribution in [2.24, 2.45) is 5.73 Å². The second-order valence-corrected chi connectivity index (χ2v) is 4.54. The van der Waals surface area contributed by atoms with Crippen LogP contribution in [0.4, 0.5) is 0 Å². The quantitative estimate of drug-likeness (QED) is 0.636. The first-order valence-electron chi connectivity index (χ1n) is 6.40. The smallest absolute Gasteiger partial charge is 0.248 e. The SMILES string of the molecule is COCCN(C)CCNCc1cccc(C(N)=O)c1. The van der Waals surface area contributed by atoms with Crippen molar-refractivity contribution in [3.63, 3.8) is 0 Å². The molecular formula is C14H23N3O2. The number of nitrogens with one attached hydrogen (secondary N) is 1. The van der Waals surface area contributed by atoms with E-state index in [0.717, 1.165) is 38.3 Å². The first kappa shape index (κ1) is 15.6. The van der Waals surface area contributed by atoms with E-state index < -0.39 is 0 Å². The van der Waals surface area contributed by atoms with Crippen LogP contribution in [0.15, 0.2) is 24.3 Å². The Morgan fingerprint density at radius 3 is 2.89 bits per heavy atom. The molecule has 0 fully saturated rings. The van der Waals surface area contributed by atoms with Gasteiger partial charge in [0.2, 0.25) is 5.91 Å². The Hall–Kier alpha value is -1.43. The van der Waals surface area contributed by atoms with E-state index in [0.29, 0.717) is 5.56 Å². The van der Waals surface area contributed by atoms with Gasteiger partial charge < -0.3 is 20.7 Å². The van der Waals surface area contributed by atoms with Crippen molar-refractivity contribution in [3.05, 3.63) is 35.4 Å². The largest absolute Gasteiger partial charge is 0.383 e. The summed E-state index contributed by atoms with van der Waals surface area (Å²) in [5.74, 6) is -0.388. The molecule has 1 aromatic carbocycles. The molecule has 0 aromatic heterocycles. The molecule has 0 unspecified atom stereocenters. The predicted molar refractivity (Wildman–Crippen MR) is 76.0 cm³/mol. The van der Waals surface area contributed by atoms with Crippen LogP contribution >= 0.6 is 0 Å². The molecule has 3 N–H and O–H groups in total. The summed E-state index contributed by atoms with van der Waals surface area (Å²) in [4.78, 5) is 13.3. The Balaban J connectivity index is 2.25. The van der Waals surface area contributed by atoms with E-state index in [2.05, 4.69) is 17.3 Å². The molecule has 0 spiro atoms. The zero-order valence-corrected chi connectivity index (χ0v) is 11.7. The Morgan fingerprint density at radius 2 is 2.21 bits per heavy atom. The van der Waals surface area contributed by atoms with E-state index in [1.165, 1.54) is 0 Å². The minimum absolute atomic E-state index is 0.388. The normalized spacial score (nSPS) is 10.9. The molecule has 106 valence electrons. The van der Waals surface area contributed by atoms with Crippen LogP contribution in [0.25, 0.3) is 0 Å². The minimum atomic E-state index is -0.388. The maximum absolute atomic E-state index is 11.1. The van der Waals surface area contributed by atoms with Crippen molar-refractivity contribution in [2.75, 3.05) is 40.4 Å². The van der Waals surface area contributed by atoms with Gasteiger partial charge in [0.15, 0.2) is 0 Å². The average Bonchev–Trinajstić information content (AvgIpc) is 2.41. The lowest BCUT2D eigenvalue weighted by molar-refractivity contribution is 0.1000. The molecule has 0 aliphatic carbocycles. The summed E-state index contributed by atoms with van der Waals surface area (Å²) in [6.07, 6.45) is 0. The molecule has 0 saturated carbocycles. The Morgan fingerprint density at radius 1 is 1.42 bits per heavy atom. The van der Waals surface area contributed by atoms with Crippen molar-refractivity contribution in [3.8, 4) is 0 Å². The minimum Gasteiger partial charge on any atom is -0.383 e. The number of methoxy groups -OCH3 is 1. The van der Waals surface area contributed by atoms with Crippen molar-refractivity contribution in [1.82, 2.24) is 10.2 Å². The Labute approximate surface area is 114 Å². The van der Waals surface area contributed by atoms with Crippen molar-refractivity contribution < 1.29 is 9.53 Å². The molecule has 0 bridgehead atoms. The van der Waals surface area contributed by atoms with Crippen LogP contribution in [0.3, 0.4) is 0 Å². The van der Waals surface area contributed by atoms with Gasteiger partial charge >= 0.3 is 0 Å². The van der Waals surface area contributed by atoms with Gasteiger partial charge in [0.25, 0.3) is 0 Å². The van der Waals surface area contributed by atoms with Crippen LogP contribution in [0.5, 0.6) is 0 Å². The topological polar surface area (TPSA) is 67.6 Å². The zero-order chi connectivity index (χ0) is 14.1. The molecule has 1 rings (SSSR count). The first-order chi connectivity index (χ1) is 9.13. The zero-order valence-electron chi connectivity index (χ0n) is 11.7. The standard InChI is InChI=1S/C14H23N3O2/c1-17(8-9-19-2)7-6-16-11-12-4-3-5-13(10-12)14(15)18/h3-5,10,16H,6-9,11H2,1-2H3,(H2,15,18). The van der Waals surface area contributed by atoms with Gasteiger partial charge in [-0.1, -0.05) is 12.1 Å². The van der Waals surface area contributed by atoms with Gasteiger partial charge in [0.1, 0.15) is 0 Å². The number of benzene rings is 1. The van der Waals surface area contributed by atoms with Crippen LogP contribution in [-0.2, 0) is 11.3 Å². The number of nitrogens with zero attached hydrogens (tertiary/aromatic N) is 1. The highest BCUT2D eigenvalue weighted by atomic mass is 16.5. The van der Waals surface area contributed by atoms with Gasteiger partial charge in [-0.3, -0.25) is 4.79 Å². The number of nitrogens with two attached hydrogens (primary N) is 1. The maximum atomic E-state index is 11.1. The summed E-state index contributed by atoms with van der Waals surface area (Å²) in [7, 11) is 3.77. The van der Waals surface area contributed by atoms with Gasteiger partial charge in [0, 0.05) is 38.9 Å². The summed E-state index contributed by atoms with van der Waals surface area (Å²) in [5, 5.41) is 3.34. The van der Waals surface area contributed by atoms with E-state index in [9.17, 15) is 4.79 Å². The summed E-state index contributed by atoms with van der Waals surface area (Å²) < 4.78 is 5.02. The van der Waals surface area contributed by atoms with Crippen molar-refractivity contribution in [2.45, 2.75) is 6.54 Å². The van der Waals surface area contributed by atoms with Gasteiger partial charge in [-0.05, 0) is 24.7 Å². The number of amides is 1. The third kappa shape index (κ3) is 6.33. The molecule has 19 heavy (non-hydrogen) atoms. The summed E-state index contributed by atoms with van der Waals surface area (Å²) in [5.41, 5.74) is 6.86. The highest BCUT2D eigenvalue weighted by Crippen LogP contribution is 2.04. The molecule has 1 aromatic rings. The van der Waals surface area contributed by atoms with Gasteiger partial charge in [0.05, 0.1) is 6.61 Å². The highest BCUT2D eigenvalue weighted by Gasteiger charge is 2.01. The molecule has 0 radical (unpaired) electrons. The Bertz CT molecular complexity index is 396. The summed E-state index contributed by atoms with van der Waals surface area (Å²) in [6, 6.07) is 7.38. The lowest BCUT2D eigenvalue weighted by atomic mass is 10.1. The third-order valence-corrected chi connectivity index (χ3v) is 2.89. The van der Waals surface area contributed by atoms with E-state index >= 15 is 0 Å². The third-order valence-electron chi connectivity index (χ3n) is 2.89. The number of likely N-dealkylation sites (N-methyl/N-ethyl adjacent to an activating group) is 1. The summed E-state index contributed by atoms with van der Waals surface area (Å²) >= 11 is 0. The number of rotatable bonds is 9. The molecule has 0 saturated heterocycles. The van der Waals surface area contributed by atoms with E-state index in [4.69, 9.17) is 10.5 Å². The van der Waals surface area contributed by atoms with Crippen molar-refractivity contribution >= 4 is 5.91 Å².